The van der Waals surface area contributed by atoms with E-state index in [-0.39, 0.29) is 5.56 Å². The minimum absolute atomic E-state index is 0.0220. The van der Waals surface area contributed by atoms with E-state index in [1.807, 2.05) is 44.2 Å². The van der Waals surface area contributed by atoms with Crippen molar-refractivity contribution in [1.82, 2.24) is 4.57 Å². The molecule has 3 heteroatoms. The van der Waals surface area contributed by atoms with Crippen LogP contribution in [-0.4, -0.2) is 4.57 Å². The second kappa shape index (κ2) is 3.46. The van der Waals surface area contributed by atoms with Gasteiger partial charge in [0.1, 0.15) is 0 Å². The van der Waals surface area contributed by atoms with E-state index < -0.39 is 5.54 Å². The average Bonchev–Trinajstić information content (AvgIpc) is 2.22. The number of fused-ring (bicyclic) bond motifs is 1. The van der Waals surface area contributed by atoms with Crippen LogP contribution < -0.4 is 11.3 Å². The molecular formula is C13H16N2O. The molecule has 0 unspecified atom stereocenters. The van der Waals surface area contributed by atoms with Crippen molar-refractivity contribution in [3.8, 4) is 0 Å². The number of aryl methyl sites for hydroxylation is 1. The second-order valence-electron chi connectivity index (χ2n) is 4.70. The third-order valence-electron chi connectivity index (χ3n) is 2.83. The van der Waals surface area contributed by atoms with Crippen LogP contribution in [0.2, 0.25) is 0 Å². The summed E-state index contributed by atoms with van der Waals surface area (Å²) in [5, 5.41) is 1.04. The van der Waals surface area contributed by atoms with E-state index in [4.69, 9.17) is 5.73 Å². The van der Waals surface area contributed by atoms with Gasteiger partial charge in [0.2, 0.25) is 0 Å². The third kappa shape index (κ3) is 1.63. The monoisotopic (exact) mass is 216 g/mol. The standard InChI is InChI=1S/C13H16N2O/c1-13(2,14)10-8-9-6-4-5-7-11(9)15(3)12(10)16/h4-8H,14H2,1-3H3. The number of rotatable bonds is 1. The zero-order chi connectivity index (χ0) is 11.9. The van der Waals surface area contributed by atoms with Gasteiger partial charge in [0.05, 0.1) is 5.52 Å². The number of hydrogen-bond donors (Lipinski definition) is 1. The largest absolute Gasteiger partial charge is 0.322 e. The fourth-order valence-electron chi connectivity index (χ4n) is 1.88. The van der Waals surface area contributed by atoms with Crippen LogP contribution in [0.15, 0.2) is 35.1 Å². The molecule has 0 spiro atoms. The fraction of sp³-hybridized carbons (Fsp3) is 0.308. The molecule has 0 amide bonds. The summed E-state index contributed by atoms with van der Waals surface area (Å²) in [6.45, 7) is 3.69. The van der Waals surface area contributed by atoms with Crippen molar-refractivity contribution in [2.75, 3.05) is 0 Å². The van der Waals surface area contributed by atoms with E-state index in [1.165, 1.54) is 0 Å². The average molecular weight is 216 g/mol. The fourth-order valence-corrected chi connectivity index (χ4v) is 1.88. The minimum atomic E-state index is -0.612. The Morgan fingerprint density at radius 2 is 1.88 bits per heavy atom. The summed E-state index contributed by atoms with van der Waals surface area (Å²) < 4.78 is 1.65. The Labute approximate surface area is 94.5 Å². The topological polar surface area (TPSA) is 48.0 Å². The van der Waals surface area contributed by atoms with Gasteiger partial charge in [0.15, 0.2) is 0 Å². The van der Waals surface area contributed by atoms with Crippen molar-refractivity contribution in [2.24, 2.45) is 12.8 Å². The number of pyridine rings is 1. The molecule has 0 bridgehead atoms. The van der Waals surface area contributed by atoms with E-state index >= 15 is 0 Å². The highest BCUT2D eigenvalue weighted by Gasteiger charge is 2.19. The van der Waals surface area contributed by atoms with Crippen LogP contribution in [0.1, 0.15) is 19.4 Å². The first-order chi connectivity index (χ1) is 7.41. The predicted octanol–water partition coefficient (Wildman–Crippen LogP) is 1.73. The molecule has 1 aromatic heterocycles. The normalized spacial score (nSPS) is 12.0. The molecule has 0 aliphatic carbocycles. The SMILES string of the molecule is Cn1c(=O)c(C(C)(C)N)cc2ccccc21. The van der Waals surface area contributed by atoms with Crippen molar-refractivity contribution >= 4 is 10.9 Å². The number of hydrogen-bond acceptors (Lipinski definition) is 2. The first kappa shape index (κ1) is 10.9. The van der Waals surface area contributed by atoms with Crippen LogP contribution in [0.5, 0.6) is 0 Å². The second-order valence-corrected chi connectivity index (χ2v) is 4.70. The van der Waals surface area contributed by atoms with Gasteiger partial charge in [-0.3, -0.25) is 4.79 Å². The summed E-state index contributed by atoms with van der Waals surface area (Å²) in [6, 6.07) is 9.70. The zero-order valence-corrected chi connectivity index (χ0v) is 9.82. The van der Waals surface area contributed by atoms with Crippen LogP contribution >= 0.6 is 0 Å². The maximum atomic E-state index is 12.1. The molecule has 1 aromatic carbocycles. The molecule has 1 heterocycles. The quantitative estimate of drug-likeness (QED) is 0.789. The molecule has 2 rings (SSSR count). The highest BCUT2D eigenvalue weighted by molar-refractivity contribution is 5.79. The molecule has 0 saturated heterocycles. The van der Waals surface area contributed by atoms with E-state index in [9.17, 15) is 4.79 Å². The highest BCUT2D eigenvalue weighted by atomic mass is 16.1. The lowest BCUT2D eigenvalue weighted by atomic mass is 9.95. The number of nitrogens with zero attached hydrogens (tertiary/aromatic N) is 1. The Bertz CT molecular complexity index is 591. The molecule has 3 nitrogen and oxygen atoms in total. The Kier molecular flexibility index (Phi) is 2.35. The number of nitrogens with two attached hydrogens (primary N) is 1. The van der Waals surface area contributed by atoms with E-state index in [0.29, 0.717) is 5.56 Å². The van der Waals surface area contributed by atoms with Gasteiger partial charge in [-0.25, -0.2) is 0 Å². The summed E-state index contributed by atoms with van der Waals surface area (Å²) in [6.07, 6.45) is 0. The number of para-hydroxylation sites is 1. The molecule has 0 radical (unpaired) electrons. The molecule has 0 saturated carbocycles. The maximum absolute atomic E-state index is 12.1. The summed E-state index contributed by atoms with van der Waals surface area (Å²) in [4.78, 5) is 12.1. The van der Waals surface area contributed by atoms with Crippen molar-refractivity contribution in [1.29, 1.82) is 0 Å². The molecule has 16 heavy (non-hydrogen) atoms. The first-order valence-corrected chi connectivity index (χ1v) is 5.29. The molecule has 84 valence electrons. The van der Waals surface area contributed by atoms with E-state index in [0.717, 1.165) is 10.9 Å². The summed E-state index contributed by atoms with van der Waals surface area (Å²) in [7, 11) is 1.78. The Balaban J connectivity index is 2.90. The molecular weight excluding hydrogens is 200 g/mol. The van der Waals surface area contributed by atoms with Gasteiger partial charge in [-0.2, -0.15) is 0 Å². The Morgan fingerprint density at radius 3 is 2.50 bits per heavy atom. The van der Waals surface area contributed by atoms with E-state index in [1.54, 1.807) is 11.6 Å². The maximum Gasteiger partial charge on any atom is 0.255 e. The lowest BCUT2D eigenvalue weighted by molar-refractivity contribution is 0.543. The molecule has 0 aliphatic rings. The Morgan fingerprint density at radius 1 is 1.25 bits per heavy atom. The van der Waals surface area contributed by atoms with Gasteiger partial charge in [-0.15, -0.1) is 0 Å². The summed E-state index contributed by atoms with van der Waals surface area (Å²) in [5.74, 6) is 0. The summed E-state index contributed by atoms with van der Waals surface area (Å²) in [5.41, 5.74) is 6.95. The van der Waals surface area contributed by atoms with Crippen molar-refractivity contribution in [3.63, 3.8) is 0 Å². The van der Waals surface area contributed by atoms with E-state index in [2.05, 4.69) is 0 Å². The summed E-state index contributed by atoms with van der Waals surface area (Å²) >= 11 is 0. The van der Waals surface area contributed by atoms with Gasteiger partial charge in [-0.05, 0) is 31.4 Å². The lowest BCUT2D eigenvalue weighted by Crippen LogP contribution is -2.37. The smallest absolute Gasteiger partial charge is 0.255 e. The van der Waals surface area contributed by atoms with Crippen molar-refractivity contribution in [3.05, 3.63) is 46.2 Å². The van der Waals surface area contributed by atoms with Gasteiger partial charge >= 0.3 is 0 Å². The first-order valence-electron chi connectivity index (χ1n) is 5.29. The van der Waals surface area contributed by atoms with Crippen LogP contribution in [0.3, 0.4) is 0 Å². The van der Waals surface area contributed by atoms with Gasteiger partial charge < -0.3 is 10.3 Å². The Hall–Kier alpha value is -1.61. The van der Waals surface area contributed by atoms with Crippen LogP contribution in [0.25, 0.3) is 10.9 Å². The predicted molar refractivity (Wildman–Crippen MR) is 66.4 cm³/mol. The van der Waals surface area contributed by atoms with Gasteiger partial charge in [0.25, 0.3) is 5.56 Å². The molecule has 2 N–H and O–H groups in total. The number of aromatic nitrogens is 1. The zero-order valence-electron chi connectivity index (χ0n) is 9.82. The molecule has 0 fully saturated rings. The van der Waals surface area contributed by atoms with Crippen molar-refractivity contribution < 1.29 is 0 Å². The van der Waals surface area contributed by atoms with Gasteiger partial charge in [-0.1, -0.05) is 18.2 Å². The number of benzene rings is 1. The molecule has 0 aliphatic heterocycles. The minimum Gasteiger partial charge on any atom is -0.322 e. The molecule has 2 aromatic rings. The van der Waals surface area contributed by atoms with Crippen LogP contribution in [0, 0.1) is 0 Å². The van der Waals surface area contributed by atoms with Crippen LogP contribution in [0.4, 0.5) is 0 Å². The molecule has 0 atom stereocenters. The van der Waals surface area contributed by atoms with Gasteiger partial charge in [0, 0.05) is 18.2 Å². The third-order valence-corrected chi connectivity index (χ3v) is 2.83. The van der Waals surface area contributed by atoms with Crippen molar-refractivity contribution in [2.45, 2.75) is 19.4 Å². The highest BCUT2D eigenvalue weighted by Crippen LogP contribution is 2.18. The lowest BCUT2D eigenvalue weighted by Gasteiger charge is -2.20. The van der Waals surface area contributed by atoms with Crippen LogP contribution in [-0.2, 0) is 12.6 Å².